The minimum Gasteiger partial charge on any atom is -0.502 e. The molecule has 2 aromatic rings. The Morgan fingerprint density at radius 3 is 2.67 bits per heavy atom. The monoisotopic (exact) mass is 329 g/mol. The minimum atomic E-state index is -0.703. The number of nitro groups is 1. The highest BCUT2D eigenvalue weighted by molar-refractivity contribution is 5.95. The van der Waals surface area contributed by atoms with Crippen molar-refractivity contribution in [3.63, 3.8) is 0 Å². The molecule has 2 N–H and O–H groups in total. The fraction of sp³-hybridized carbons (Fsp3) is 0.125. The summed E-state index contributed by atoms with van der Waals surface area (Å²) >= 11 is 0. The van der Waals surface area contributed by atoms with Crippen molar-refractivity contribution in [2.24, 2.45) is 5.10 Å². The highest BCUT2D eigenvalue weighted by Gasteiger charge is 2.12. The molecule has 124 valence electrons. The van der Waals surface area contributed by atoms with Crippen molar-refractivity contribution in [3.05, 3.63) is 63.7 Å². The first-order valence-corrected chi connectivity index (χ1v) is 7.05. The van der Waals surface area contributed by atoms with Crippen molar-refractivity contribution in [1.82, 2.24) is 5.43 Å². The van der Waals surface area contributed by atoms with Gasteiger partial charge in [-0.3, -0.25) is 14.9 Å². The van der Waals surface area contributed by atoms with E-state index in [4.69, 9.17) is 4.74 Å². The predicted octanol–water partition coefficient (Wildman–Crippen LogP) is 2.46. The second-order valence-electron chi connectivity index (χ2n) is 4.66. The van der Waals surface area contributed by atoms with Gasteiger partial charge in [0.25, 0.3) is 5.91 Å². The normalized spacial score (nSPS) is 10.5. The van der Waals surface area contributed by atoms with Gasteiger partial charge in [-0.1, -0.05) is 0 Å². The van der Waals surface area contributed by atoms with Gasteiger partial charge in [0, 0.05) is 17.2 Å². The van der Waals surface area contributed by atoms with E-state index in [1.165, 1.54) is 18.3 Å². The number of hydrogen-bond acceptors (Lipinski definition) is 6. The van der Waals surface area contributed by atoms with Gasteiger partial charge in [0.05, 0.1) is 17.7 Å². The molecule has 0 aliphatic heterocycles. The fourth-order valence-electron chi connectivity index (χ4n) is 1.87. The van der Waals surface area contributed by atoms with E-state index in [1.54, 1.807) is 24.3 Å². The molecular formula is C16H15N3O5. The molecule has 0 radical (unpaired) electrons. The molecule has 0 aliphatic carbocycles. The molecule has 2 aromatic carbocycles. The third-order valence-corrected chi connectivity index (χ3v) is 3.00. The van der Waals surface area contributed by atoms with E-state index in [-0.39, 0.29) is 0 Å². The minimum absolute atomic E-state index is 0.367. The summed E-state index contributed by atoms with van der Waals surface area (Å²) in [7, 11) is 0. The Morgan fingerprint density at radius 1 is 1.33 bits per heavy atom. The van der Waals surface area contributed by atoms with Crippen molar-refractivity contribution in [2.75, 3.05) is 6.61 Å². The molecule has 0 heterocycles. The lowest BCUT2D eigenvalue weighted by Gasteiger charge is -2.04. The Labute approximate surface area is 137 Å². The fourth-order valence-corrected chi connectivity index (χ4v) is 1.87. The highest BCUT2D eigenvalue weighted by atomic mass is 16.6. The van der Waals surface area contributed by atoms with Crippen LogP contribution in [-0.4, -0.2) is 28.8 Å². The summed E-state index contributed by atoms with van der Waals surface area (Å²) in [5.74, 6) is -0.202. The van der Waals surface area contributed by atoms with Crippen molar-refractivity contribution in [2.45, 2.75) is 6.92 Å². The van der Waals surface area contributed by atoms with Gasteiger partial charge < -0.3 is 9.84 Å². The molecule has 24 heavy (non-hydrogen) atoms. The molecule has 0 aromatic heterocycles. The van der Waals surface area contributed by atoms with Gasteiger partial charge in [-0.25, -0.2) is 5.43 Å². The summed E-state index contributed by atoms with van der Waals surface area (Å²) in [5, 5.41) is 23.8. The maximum Gasteiger partial charge on any atom is 0.311 e. The van der Waals surface area contributed by atoms with Crippen molar-refractivity contribution < 1.29 is 19.6 Å². The van der Waals surface area contributed by atoms with Crippen molar-refractivity contribution in [1.29, 1.82) is 0 Å². The Morgan fingerprint density at radius 2 is 2.04 bits per heavy atom. The maximum atomic E-state index is 11.9. The number of carbonyl (C=O) groups excluding carboxylic acids is 1. The Hall–Kier alpha value is -3.42. The average Bonchev–Trinajstić information content (AvgIpc) is 2.57. The van der Waals surface area contributed by atoms with Crippen LogP contribution >= 0.6 is 0 Å². The van der Waals surface area contributed by atoms with Crippen molar-refractivity contribution in [3.8, 4) is 11.5 Å². The number of benzene rings is 2. The summed E-state index contributed by atoms with van der Waals surface area (Å²) in [5.41, 5.74) is 2.65. The molecule has 0 saturated heterocycles. The quantitative estimate of drug-likeness (QED) is 0.480. The van der Waals surface area contributed by atoms with Crippen LogP contribution < -0.4 is 10.2 Å². The SMILES string of the molecule is CCOc1ccc(C(=O)NN=Cc2ccc(O)c([N+](=O)[O-])c2)cc1. The number of amides is 1. The summed E-state index contributed by atoms with van der Waals surface area (Å²) in [6, 6.07) is 10.3. The van der Waals surface area contributed by atoms with Crippen LogP contribution in [0, 0.1) is 10.1 Å². The smallest absolute Gasteiger partial charge is 0.311 e. The number of nitrogens with one attached hydrogen (secondary N) is 1. The standard InChI is InChI=1S/C16H15N3O5/c1-2-24-13-6-4-12(5-7-13)16(21)18-17-10-11-3-8-15(20)14(9-11)19(22)23/h3-10,20H,2H2,1H3,(H,18,21). The van der Waals surface area contributed by atoms with Crippen LogP contribution in [0.15, 0.2) is 47.6 Å². The topological polar surface area (TPSA) is 114 Å². The molecule has 0 aliphatic rings. The third-order valence-electron chi connectivity index (χ3n) is 3.00. The van der Waals surface area contributed by atoms with Gasteiger partial charge in [0.15, 0.2) is 5.75 Å². The van der Waals surface area contributed by atoms with Gasteiger partial charge in [-0.15, -0.1) is 0 Å². The molecule has 2 rings (SSSR count). The van der Waals surface area contributed by atoms with E-state index in [0.717, 1.165) is 6.07 Å². The zero-order valence-electron chi connectivity index (χ0n) is 12.8. The zero-order valence-corrected chi connectivity index (χ0v) is 12.8. The van der Waals surface area contributed by atoms with Gasteiger partial charge >= 0.3 is 5.69 Å². The lowest BCUT2D eigenvalue weighted by Crippen LogP contribution is -2.17. The highest BCUT2D eigenvalue weighted by Crippen LogP contribution is 2.25. The van der Waals surface area contributed by atoms with Crippen LogP contribution in [-0.2, 0) is 0 Å². The molecule has 0 fully saturated rings. The van der Waals surface area contributed by atoms with Crippen LogP contribution in [0.2, 0.25) is 0 Å². The predicted molar refractivity (Wildman–Crippen MR) is 87.4 cm³/mol. The Balaban J connectivity index is 2.02. The number of phenolic OH excluding ortho intramolecular Hbond substituents is 1. The second kappa shape index (κ2) is 7.73. The summed E-state index contributed by atoms with van der Waals surface area (Å²) in [6.45, 7) is 2.40. The molecule has 0 bridgehead atoms. The number of phenols is 1. The number of carbonyl (C=O) groups is 1. The van der Waals surface area contributed by atoms with E-state index >= 15 is 0 Å². The first-order chi connectivity index (χ1) is 11.5. The second-order valence-corrected chi connectivity index (χ2v) is 4.66. The number of nitro benzene ring substituents is 1. The maximum absolute atomic E-state index is 11.9. The molecular weight excluding hydrogens is 314 g/mol. The lowest BCUT2D eigenvalue weighted by atomic mass is 10.2. The zero-order chi connectivity index (χ0) is 17.5. The van der Waals surface area contributed by atoms with Gasteiger partial charge in [0.1, 0.15) is 5.75 Å². The largest absolute Gasteiger partial charge is 0.502 e. The first-order valence-electron chi connectivity index (χ1n) is 7.05. The van der Waals surface area contributed by atoms with Crippen LogP contribution in [0.4, 0.5) is 5.69 Å². The number of nitrogens with zero attached hydrogens (tertiary/aromatic N) is 2. The molecule has 0 saturated carbocycles. The van der Waals surface area contributed by atoms with Crippen LogP contribution in [0.1, 0.15) is 22.8 Å². The summed E-state index contributed by atoms with van der Waals surface area (Å²) in [4.78, 5) is 22.0. The van der Waals surface area contributed by atoms with E-state index in [0.29, 0.717) is 23.5 Å². The molecule has 0 unspecified atom stereocenters. The van der Waals surface area contributed by atoms with Gasteiger partial charge in [-0.2, -0.15) is 5.10 Å². The van der Waals surface area contributed by atoms with Crippen LogP contribution in [0.5, 0.6) is 11.5 Å². The number of ether oxygens (including phenoxy) is 1. The summed E-state index contributed by atoms with van der Waals surface area (Å²) < 4.78 is 5.28. The van der Waals surface area contributed by atoms with Crippen LogP contribution in [0.3, 0.4) is 0 Å². The van der Waals surface area contributed by atoms with Crippen molar-refractivity contribution >= 4 is 17.8 Å². The lowest BCUT2D eigenvalue weighted by molar-refractivity contribution is -0.385. The number of aromatic hydroxyl groups is 1. The van der Waals surface area contributed by atoms with E-state index in [9.17, 15) is 20.0 Å². The van der Waals surface area contributed by atoms with Gasteiger partial charge in [-0.05, 0) is 43.3 Å². The molecule has 0 atom stereocenters. The number of hydrogen-bond donors (Lipinski definition) is 2. The molecule has 1 amide bonds. The number of hydrazone groups is 1. The summed E-state index contributed by atoms with van der Waals surface area (Å²) in [6.07, 6.45) is 1.25. The molecule has 0 spiro atoms. The van der Waals surface area contributed by atoms with Gasteiger partial charge in [0.2, 0.25) is 0 Å². The Bertz CT molecular complexity index is 772. The number of rotatable bonds is 6. The van der Waals surface area contributed by atoms with E-state index in [2.05, 4.69) is 10.5 Å². The first kappa shape index (κ1) is 16.9. The third kappa shape index (κ3) is 4.29. The van der Waals surface area contributed by atoms with Crippen LogP contribution in [0.25, 0.3) is 0 Å². The molecule has 8 heteroatoms. The average molecular weight is 329 g/mol. The van der Waals surface area contributed by atoms with E-state index < -0.39 is 22.3 Å². The molecule has 8 nitrogen and oxygen atoms in total. The Kier molecular flexibility index (Phi) is 5.45. The van der Waals surface area contributed by atoms with E-state index in [1.807, 2.05) is 6.92 Å².